The number of carbonyl (C=O) groups is 1. The lowest BCUT2D eigenvalue weighted by atomic mass is 9.93. The van der Waals surface area contributed by atoms with Crippen molar-refractivity contribution in [2.45, 2.75) is 124 Å². The summed E-state index contributed by atoms with van der Waals surface area (Å²) in [5, 5.41) is 0. The van der Waals surface area contributed by atoms with Crippen LogP contribution in [0.5, 0.6) is 0 Å². The van der Waals surface area contributed by atoms with Crippen LogP contribution in [0.25, 0.3) is 0 Å². The first-order valence-corrected chi connectivity index (χ1v) is 10.8. The second-order valence-corrected chi connectivity index (χ2v) is 8.17. The minimum Gasteiger partial charge on any atom is -0.322 e. The van der Waals surface area contributed by atoms with Gasteiger partial charge in [-0.25, -0.2) is 0 Å². The summed E-state index contributed by atoms with van der Waals surface area (Å²) in [5.41, 5.74) is 5.56. The van der Waals surface area contributed by atoms with Gasteiger partial charge in [0.2, 0.25) is 0 Å². The molecule has 0 saturated heterocycles. The Bertz CT molecular complexity index is 288. The molecule has 0 saturated carbocycles. The molecule has 2 heteroatoms. The van der Waals surface area contributed by atoms with Crippen LogP contribution in [0, 0.1) is 11.8 Å². The van der Waals surface area contributed by atoms with Crippen molar-refractivity contribution in [3.05, 3.63) is 0 Å². The molecule has 0 rings (SSSR count). The molecule has 0 radical (unpaired) electrons. The Morgan fingerprint density at radius 3 is 1.71 bits per heavy atom. The van der Waals surface area contributed by atoms with Crippen LogP contribution in [0.3, 0.4) is 0 Å². The zero-order valence-corrected chi connectivity index (χ0v) is 17.1. The van der Waals surface area contributed by atoms with Gasteiger partial charge in [0.05, 0.1) is 6.04 Å². The fraction of sp³-hybridized carbons (Fsp3) is 0.955. The quantitative estimate of drug-likeness (QED) is 0.301. The van der Waals surface area contributed by atoms with E-state index in [1.807, 2.05) is 0 Å². The molecule has 0 fully saturated rings. The number of ketones is 1. The van der Waals surface area contributed by atoms with Gasteiger partial charge in [0.15, 0.2) is 0 Å². The van der Waals surface area contributed by atoms with E-state index in [0.29, 0.717) is 6.42 Å². The minimum atomic E-state index is -0.276. The van der Waals surface area contributed by atoms with Crippen LogP contribution in [0.15, 0.2) is 0 Å². The van der Waals surface area contributed by atoms with Crippen molar-refractivity contribution in [3.63, 3.8) is 0 Å². The van der Waals surface area contributed by atoms with Crippen LogP contribution in [0.4, 0.5) is 0 Å². The third kappa shape index (κ3) is 15.2. The molecule has 0 spiro atoms. The Hall–Kier alpha value is -0.370. The summed E-state index contributed by atoms with van der Waals surface area (Å²) in [4.78, 5) is 11.4. The predicted octanol–water partition coefficient (Wildman–Crippen LogP) is 6.66. The Morgan fingerprint density at radius 1 is 0.708 bits per heavy atom. The number of unbranched alkanes of at least 4 members (excludes halogenated alkanes) is 7. The average Bonchev–Trinajstić information content (AvgIpc) is 2.55. The highest BCUT2D eigenvalue weighted by Gasteiger charge is 2.06. The second-order valence-electron chi connectivity index (χ2n) is 8.17. The highest BCUT2D eigenvalue weighted by Crippen LogP contribution is 2.20. The van der Waals surface area contributed by atoms with Gasteiger partial charge in [-0.2, -0.15) is 0 Å². The molecule has 24 heavy (non-hydrogen) atoms. The lowest BCUT2D eigenvalue weighted by Crippen LogP contribution is -2.26. The summed E-state index contributed by atoms with van der Waals surface area (Å²) in [6.07, 6.45) is 18.1. The normalized spacial score (nSPS) is 15.2. The van der Waals surface area contributed by atoms with Gasteiger partial charge in [-0.15, -0.1) is 0 Å². The number of rotatable bonds is 17. The molecule has 0 amide bonds. The highest BCUT2D eigenvalue weighted by molar-refractivity contribution is 5.83. The molecule has 0 aliphatic heterocycles. The summed E-state index contributed by atoms with van der Waals surface area (Å²) < 4.78 is 0. The van der Waals surface area contributed by atoms with Crippen LogP contribution >= 0.6 is 0 Å². The van der Waals surface area contributed by atoms with E-state index in [0.717, 1.165) is 18.3 Å². The van der Waals surface area contributed by atoms with Crippen molar-refractivity contribution in [1.82, 2.24) is 0 Å². The van der Waals surface area contributed by atoms with E-state index in [4.69, 9.17) is 5.73 Å². The zero-order chi connectivity index (χ0) is 18.2. The molecule has 0 aromatic heterocycles. The Labute approximate surface area is 152 Å². The van der Waals surface area contributed by atoms with Crippen molar-refractivity contribution >= 4 is 5.78 Å². The first-order valence-electron chi connectivity index (χ1n) is 10.8. The van der Waals surface area contributed by atoms with Gasteiger partial charge in [0, 0.05) is 6.42 Å². The SMILES string of the molecule is CC[C@@H](C)CCC[C@@H](C)CCCCCCCCCCC(=O)[C@H](C)N. The predicted molar refractivity (Wildman–Crippen MR) is 107 cm³/mol. The van der Waals surface area contributed by atoms with Crippen LogP contribution in [0.1, 0.15) is 118 Å². The van der Waals surface area contributed by atoms with Crippen LogP contribution in [0.2, 0.25) is 0 Å². The van der Waals surface area contributed by atoms with E-state index in [1.165, 1.54) is 77.0 Å². The molecule has 3 atom stereocenters. The van der Waals surface area contributed by atoms with Gasteiger partial charge < -0.3 is 5.73 Å². The van der Waals surface area contributed by atoms with Crippen LogP contribution in [-0.4, -0.2) is 11.8 Å². The number of hydrogen-bond donors (Lipinski definition) is 1. The van der Waals surface area contributed by atoms with E-state index < -0.39 is 0 Å². The zero-order valence-electron chi connectivity index (χ0n) is 17.1. The average molecular weight is 340 g/mol. The highest BCUT2D eigenvalue weighted by atomic mass is 16.1. The number of carbonyl (C=O) groups excluding carboxylic acids is 1. The fourth-order valence-electron chi connectivity index (χ4n) is 3.24. The van der Waals surface area contributed by atoms with E-state index >= 15 is 0 Å². The Morgan fingerprint density at radius 2 is 1.17 bits per heavy atom. The first kappa shape index (κ1) is 23.6. The van der Waals surface area contributed by atoms with Crippen molar-refractivity contribution in [3.8, 4) is 0 Å². The maximum atomic E-state index is 11.4. The third-order valence-electron chi connectivity index (χ3n) is 5.47. The van der Waals surface area contributed by atoms with Gasteiger partial charge in [0.1, 0.15) is 5.78 Å². The molecule has 0 heterocycles. The number of nitrogens with two attached hydrogens (primary N) is 1. The van der Waals surface area contributed by atoms with Gasteiger partial charge in [0.25, 0.3) is 0 Å². The molecule has 2 nitrogen and oxygen atoms in total. The molecule has 2 N–H and O–H groups in total. The Kier molecular flexibility index (Phi) is 15.9. The minimum absolute atomic E-state index is 0.216. The Balaban J connectivity index is 3.26. The molecule has 0 aliphatic rings. The van der Waals surface area contributed by atoms with E-state index in [2.05, 4.69) is 20.8 Å². The molecule has 144 valence electrons. The number of hydrogen-bond acceptors (Lipinski definition) is 2. The summed E-state index contributed by atoms with van der Waals surface area (Å²) in [5.74, 6) is 2.04. The van der Waals surface area contributed by atoms with Crippen molar-refractivity contribution in [2.24, 2.45) is 17.6 Å². The molecule has 0 unspecified atom stereocenters. The summed E-state index contributed by atoms with van der Waals surface area (Å²) >= 11 is 0. The standard InChI is InChI=1S/C22H45NO/c1-5-19(2)16-14-17-20(3)15-12-10-8-6-7-9-11-13-18-22(24)21(4)23/h19-21H,5-18,23H2,1-4H3/t19-,20+,21+/m1/s1. The molecule has 0 bridgehead atoms. The second kappa shape index (κ2) is 16.1. The van der Waals surface area contributed by atoms with Crippen LogP contribution in [-0.2, 0) is 4.79 Å². The maximum Gasteiger partial charge on any atom is 0.149 e. The number of Topliss-reactive ketones (excluding diaryl/α,β-unsaturated/α-hetero) is 1. The third-order valence-corrected chi connectivity index (χ3v) is 5.47. The molecular formula is C22H45NO. The monoisotopic (exact) mass is 339 g/mol. The van der Waals surface area contributed by atoms with Gasteiger partial charge in [-0.1, -0.05) is 97.8 Å². The molecule has 0 aromatic rings. The lowest BCUT2D eigenvalue weighted by Gasteiger charge is -2.13. The fourth-order valence-corrected chi connectivity index (χ4v) is 3.24. The smallest absolute Gasteiger partial charge is 0.149 e. The van der Waals surface area contributed by atoms with Crippen LogP contribution < -0.4 is 5.73 Å². The van der Waals surface area contributed by atoms with E-state index in [9.17, 15) is 4.79 Å². The molecular weight excluding hydrogens is 294 g/mol. The van der Waals surface area contributed by atoms with Gasteiger partial charge >= 0.3 is 0 Å². The first-order chi connectivity index (χ1) is 11.5. The molecule has 0 aliphatic carbocycles. The van der Waals surface area contributed by atoms with Crippen molar-refractivity contribution in [1.29, 1.82) is 0 Å². The van der Waals surface area contributed by atoms with Crippen molar-refractivity contribution < 1.29 is 4.79 Å². The van der Waals surface area contributed by atoms with Crippen molar-refractivity contribution in [2.75, 3.05) is 0 Å². The summed E-state index contributed by atoms with van der Waals surface area (Å²) in [7, 11) is 0. The topological polar surface area (TPSA) is 43.1 Å². The largest absolute Gasteiger partial charge is 0.322 e. The summed E-state index contributed by atoms with van der Waals surface area (Å²) in [6, 6.07) is -0.276. The van der Waals surface area contributed by atoms with Gasteiger partial charge in [-0.3, -0.25) is 4.79 Å². The summed E-state index contributed by atoms with van der Waals surface area (Å²) in [6.45, 7) is 8.89. The van der Waals surface area contributed by atoms with E-state index in [-0.39, 0.29) is 11.8 Å². The van der Waals surface area contributed by atoms with Gasteiger partial charge in [-0.05, 0) is 25.2 Å². The van der Waals surface area contributed by atoms with E-state index in [1.54, 1.807) is 6.92 Å². The molecule has 0 aromatic carbocycles. The maximum absolute atomic E-state index is 11.4. The lowest BCUT2D eigenvalue weighted by molar-refractivity contribution is -0.120.